The van der Waals surface area contributed by atoms with E-state index in [4.69, 9.17) is 4.74 Å². The predicted molar refractivity (Wildman–Crippen MR) is 84.1 cm³/mol. The molecule has 0 radical (unpaired) electrons. The van der Waals surface area contributed by atoms with E-state index < -0.39 is 15.8 Å². The first kappa shape index (κ1) is 17.7. The van der Waals surface area contributed by atoms with Crippen LogP contribution in [0.25, 0.3) is 0 Å². The van der Waals surface area contributed by atoms with Gasteiger partial charge < -0.3 is 9.64 Å². The highest BCUT2D eigenvalue weighted by Crippen LogP contribution is 2.16. The average molecular weight is 344 g/mol. The van der Waals surface area contributed by atoms with E-state index in [0.29, 0.717) is 25.9 Å². The molecule has 1 aliphatic heterocycles. The topological polar surface area (TPSA) is 75.7 Å². The number of nitrogens with one attached hydrogen (secondary N) is 1. The lowest BCUT2D eigenvalue weighted by molar-refractivity contribution is -0.134. The van der Waals surface area contributed by atoms with Gasteiger partial charge in [-0.15, -0.1) is 0 Å². The minimum atomic E-state index is -3.23. The van der Waals surface area contributed by atoms with Crippen LogP contribution in [-0.2, 0) is 14.8 Å². The Balaban J connectivity index is 1.79. The number of carbonyl (C=O) groups excluding carboxylic acids is 1. The monoisotopic (exact) mass is 344 g/mol. The highest BCUT2D eigenvalue weighted by Gasteiger charge is 2.25. The maximum Gasteiger partial charge on any atom is 0.260 e. The van der Waals surface area contributed by atoms with E-state index in [0.717, 1.165) is 0 Å². The molecule has 0 bridgehead atoms. The van der Waals surface area contributed by atoms with E-state index in [1.54, 1.807) is 24.0 Å². The molecule has 8 heteroatoms. The molecule has 1 heterocycles. The molecule has 6 nitrogen and oxygen atoms in total. The van der Waals surface area contributed by atoms with Crippen LogP contribution in [0.15, 0.2) is 24.3 Å². The number of carbonyl (C=O) groups is 1. The summed E-state index contributed by atoms with van der Waals surface area (Å²) in [4.78, 5) is 13.7. The van der Waals surface area contributed by atoms with Gasteiger partial charge in [0, 0.05) is 19.1 Å². The highest BCUT2D eigenvalue weighted by atomic mass is 32.2. The van der Waals surface area contributed by atoms with Gasteiger partial charge in [-0.25, -0.2) is 17.5 Å². The molecule has 1 fully saturated rings. The van der Waals surface area contributed by atoms with Gasteiger partial charge in [0.1, 0.15) is 0 Å². The maximum atomic E-state index is 13.4. The minimum Gasteiger partial charge on any atom is -0.481 e. The Labute approximate surface area is 135 Å². The summed E-state index contributed by atoms with van der Waals surface area (Å²) in [7, 11) is -3.23. The molecule has 1 aromatic carbocycles. The zero-order valence-electron chi connectivity index (χ0n) is 13.0. The number of ether oxygens (including phenoxy) is 1. The van der Waals surface area contributed by atoms with E-state index in [9.17, 15) is 17.6 Å². The second-order valence-electron chi connectivity index (χ2n) is 5.40. The number of rotatable bonds is 6. The normalized spacial score (nSPS) is 16.3. The smallest absolute Gasteiger partial charge is 0.260 e. The van der Waals surface area contributed by atoms with Gasteiger partial charge in [0.15, 0.2) is 18.2 Å². The number of para-hydroxylation sites is 1. The zero-order chi connectivity index (χ0) is 16.9. The Morgan fingerprint density at radius 1 is 1.35 bits per heavy atom. The second-order valence-corrected chi connectivity index (χ2v) is 7.44. The van der Waals surface area contributed by atoms with Crippen LogP contribution in [0.5, 0.6) is 5.75 Å². The number of benzene rings is 1. The quantitative estimate of drug-likeness (QED) is 0.839. The van der Waals surface area contributed by atoms with Gasteiger partial charge >= 0.3 is 0 Å². The Morgan fingerprint density at radius 2 is 2.00 bits per heavy atom. The average Bonchev–Trinajstić information content (AvgIpc) is 2.54. The van der Waals surface area contributed by atoms with Crippen molar-refractivity contribution in [2.75, 3.05) is 25.4 Å². The third kappa shape index (κ3) is 5.18. The number of hydrogen-bond donors (Lipinski definition) is 1. The van der Waals surface area contributed by atoms with E-state index in [1.165, 1.54) is 12.1 Å². The summed E-state index contributed by atoms with van der Waals surface area (Å²) in [5.41, 5.74) is 0. The van der Waals surface area contributed by atoms with Crippen molar-refractivity contribution in [2.24, 2.45) is 0 Å². The Bertz CT molecular complexity index is 643. The summed E-state index contributed by atoms with van der Waals surface area (Å²) in [5.74, 6) is -0.646. The van der Waals surface area contributed by atoms with Gasteiger partial charge in [0.25, 0.3) is 5.91 Å². The molecule has 0 aliphatic carbocycles. The van der Waals surface area contributed by atoms with Crippen LogP contribution in [0, 0.1) is 5.82 Å². The molecule has 23 heavy (non-hydrogen) atoms. The lowest BCUT2D eigenvalue weighted by Gasteiger charge is -2.32. The lowest BCUT2D eigenvalue weighted by atomic mass is 10.1. The third-order valence-corrected chi connectivity index (χ3v) is 5.21. The molecule has 2 rings (SSSR count). The Morgan fingerprint density at radius 3 is 2.61 bits per heavy atom. The summed E-state index contributed by atoms with van der Waals surface area (Å²) in [6.07, 6.45) is 1.12. The number of sulfonamides is 1. The Kier molecular flexibility index (Phi) is 5.95. The number of piperidine rings is 1. The molecule has 128 valence electrons. The van der Waals surface area contributed by atoms with Crippen molar-refractivity contribution < 1.29 is 22.3 Å². The van der Waals surface area contributed by atoms with Crippen molar-refractivity contribution in [3.63, 3.8) is 0 Å². The first-order valence-electron chi connectivity index (χ1n) is 7.56. The van der Waals surface area contributed by atoms with Gasteiger partial charge in [-0.05, 0) is 31.9 Å². The van der Waals surface area contributed by atoms with Crippen LogP contribution in [0.2, 0.25) is 0 Å². The van der Waals surface area contributed by atoms with Crippen molar-refractivity contribution in [1.29, 1.82) is 0 Å². The van der Waals surface area contributed by atoms with Gasteiger partial charge in [0.2, 0.25) is 10.0 Å². The van der Waals surface area contributed by atoms with Crippen molar-refractivity contribution in [3.05, 3.63) is 30.1 Å². The zero-order valence-corrected chi connectivity index (χ0v) is 13.8. The van der Waals surface area contributed by atoms with Crippen LogP contribution in [0.4, 0.5) is 4.39 Å². The fourth-order valence-corrected chi connectivity index (χ4v) is 3.29. The first-order chi connectivity index (χ1) is 10.9. The molecular formula is C15H21FN2O4S. The van der Waals surface area contributed by atoms with Crippen molar-refractivity contribution >= 4 is 15.9 Å². The molecule has 0 atom stereocenters. The maximum absolute atomic E-state index is 13.4. The predicted octanol–water partition coefficient (Wildman–Crippen LogP) is 1.13. The molecule has 1 aliphatic rings. The van der Waals surface area contributed by atoms with Crippen molar-refractivity contribution in [2.45, 2.75) is 25.8 Å². The SMILES string of the molecule is CCS(=O)(=O)NC1CCN(C(=O)COc2ccccc2F)CC1. The van der Waals surface area contributed by atoms with Crippen molar-refractivity contribution in [3.8, 4) is 5.75 Å². The van der Waals surface area contributed by atoms with Crippen molar-refractivity contribution in [1.82, 2.24) is 9.62 Å². The molecule has 0 unspecified atom stereocenters. The van der Waals surface area contributed by atoms with E-state index >= 15 is 0 Å². The first-order valence-corrected chi connectivity index (χ1v) is 9.21. The van der Waals surface area contributed by atoms with Gasteiger partial charge in [0.05, 0.1) is 5.75 Å². The summed E-state index contributed by atoms with van der Waals surface area (Å²) < 4.78 is 44.3. The molecule has 0 saturated carbocycles. The minimum absolute atomic E-state index is 0.0443. The standard InChI is InChI=1S/C15H21FN2O4S/c1-2-23(20,21)17-12-7-9-18(10-8-12)15(19)11-22-14-6-4-3-5-13(14)16/h3-6,12,17H,2,7-11H2,1H3. The molecule has 1 aromatic rings. The molecule has 0 aromatic heterocycles. The van der Waals surface area contributed by atoms with Crippen LogP contribution < -0.4 is 9.46 Å². The van der Waals surface area contributed by atoms with Crippen LogP contribution in [-0.4, -0.2) is 50.7 Å². The van der Waals surface area contributed by atoms with Crippen LogP contribution >= 0.6 is 0 Å². The summed E-state index contributed by atoms with van der Waals surface area (Å²) >= 11 is 0. The Hall–Kier alpha value is -1.67. The molecule has 1 amide bonds. The third-order valence-electron chi connectivity index (χ3n) is 3.76. The number of hydrogen-bond acceptors (Lipinski definition) is 4. The van der Waals surface area contributed by atoms with Gasteiger partial charge in [-0.1, -0.05) is 12.1 Å². The summed E-state index contributed by atoms with van der Waals surface area (Å²) in [6, 6.07) is 5.77. The fraction of sp³-hybridized carbons (Fsp3) is 0.533. The second kappa shape index (κ2) is 7.74. The summed E-state index contributed by atoms with van der Waals surface area (Å²) in [6.45, 7) is 2.26. The van der Waals surface area contributed by atoms with E-state index in [-0.39, 0.29) is 30.1 Å². The molecule has 1 saturated heterocycles. The fourth-order valence-electron chi connectivity index (χ4n) is 2.38. The number of likely N-dealkylation sites (tertiary alicyclic amines) is 1. The summed E-state index contributed by atoms with van der Waals surface area (Å²) in [5, 5.41) is 0. The lowest BCUT2D eigenvalue weighted by Crippen LogP contribution is -2.47. The number of nitrogens with zero attached hydrogens (tertiary/aromatic N) is 1. The molecular weight excluding hydrogens is 323 g/mol. The van der Waals surface area contributed by atoms with Crippen LogP contribution in [0.3, 0.4) is 0 Å². The van der Waals surface area contributed by atoms with E-state index in [1.807, 2.05) is 0 Å². The number of amides is 1. The molecule has 0 spiro atoms. The van der Waals surface area contributed by atoms with E-state index in [2.05, 4.69) is 4.72 Å². The van der Waals surface area contributed by atoms with Gasteiger partial charge in [-0.2, -0.15) is 0 Å². The molecule has 1 N–H and O–H groups in total. The van der Waals surface area contributed by atoms with Gasteiger partial charge in [-0.3, -0.25) is 4.79 Å². The number of halogens is 1. The highest BCUT2D eigenvalue weighted by molar-refractivity contribution is 7.89. The largest absolute Gasteiger partial charge is 0.481 e. The van der Waals surface area contributed by atoms with Crippen LogP contribution in [0.1, 0.15) is 19.8 Å².